The summed E-state index contributed by atoms with van der Waals surface area (Å²) in [6.07, 6.45) is 2.55. The van der Waals surface area contributed by atoms with E-state index in [9.17, 15) is 0 Å². The summed E-state index contributed by atoms with van der Waals surface area (Å²) in [5.41, 5.74) is 3.57. The fraction of sp³-hybridized carbons (Fsp3) is 0.333. The van der Waals surface area contributed by atoms with Crippen molar-refractivity contribution in [3.05, 3.63) is 51.2 Å². The number of anilines is 1. The zero-order chi connectivity index (χ0) is 13.2. The molecule has 1 fully saturated rings. The van der Waals surface area contributed by atoms with Crippen LogP contribution in [0.25, 0.3) is 0 Å². The van der Waals surface area contributed by atoms with Gasteiger partial charge in [0, 0.05) is 29.2 Å². The topological polar surface area (TPSA) is 3.24 Å². The number of alkyl halides is 1. The van der Waals surface area contributed by atoms with Gasteiger partial charge in [-0.25, -0.2) is 0 Å². The third-order valence-corrected chi connectivity index (χ3v) is 4.80. The Kier molecular flexibility index (Phi) is 4.01. The molecule has 1 aromatic heterocycles. The summed E-state index contributed by atoms with van der Waals surface area (Å²) in [5.74, 6) is 0.465. The highest BCUT2D eigenvalue weighted by Gasteiger charge is 2.29. The normalized spacial score (nSPS) is 14.6. The molecule has 1 saturated carbocycles. The lowest BCUT2D eigenvalue weighted by molar-refractivity contribution is 0.796. The molecule has 0 saturated heterocycles. The summed E-state index contributed by atoms with van der Waals surface area (Å²) in [6.45, 7) is 0.963. The predicted octanol–water partition coefficient (Wildman–Crippen LogP) is 5.31. The fourth-order valence-corrected chi connectivity index (χ4v) is 3.42. The summed E-state index contributed by atoms with van der Waals surface area (Å²) >= 11 is 13.9. The Labute approximate surface area is 127 Å². The summed E-state index contributed by atoms with van der Waals surface area (Å²) in [7, 11) is 0. The highest BCUT2D eigenvalue weighted by Crippen LogP contribution is 2.35. The molecule has 0 N–H and O–H groups in total. The number of hydrogen-bond donors (Lipinski definition) is 0. The molecule has 0 bridgehead atoms. The van der Waals surface area contributed by atoms with Gasteiger partial charge in [0.15, 0.2) is 0 Å². The van der Waals surface area contributed by atoms with Crippen LogP contribution in [-0.2, 0) is 12.4 Å². The Morgan fingerprint density at radius 3 is 2.68 bits per heavy atom. The molecule has 0 radical (unpaired) electrons. The van der Waals surface area contributed by atoms with Crippen molar-refractivity contribution in [3.63, 3.8) is 0 Å². The van der Waals surface area contributed by atoms with Gasteiger partial charge in [-0.1, -0.05) is 17.7 Å². The lowest BCUT2D eigenvalue weighted by atomic mass is 10.2. The van der Waals surface area contributed by atoms with Gasteiger partial charge < -0.3 is 4.90 Å². The van der Waals surface area contributed by atoms with Crippen LogP contribution in [0.2, 0.25) is 5.02 Å². The van der Waals surface area contributed by atoms with Crippen LogP contribution in [-0.4, -0.2) is 6.04 Å². The summed E-state index contributed by atoms with van der Waals surface area (Å²) < 4.78 is 0. The molecule has 100 valence electrons. The van der Waals surface area contributed by atoms with Crippen LogP contribution in [0.4, 0.5) is 5.69 Å². The fourth-order valence-electron chi connectivity index (χ4n) is 2.22. The molecule has 2 aromatic rings. The zero-order valence-corrected chi connectivity index (χ0v) is 12.8. The van der Waals surface area contributed by atoms with Crippen molar-refractivity contribution in [1.29, 1.82) is 0 Å². The van der Waals surface area contributed by atoms with Gasteiger partial charge in [-0.2, -0.15) is 11.3 Å². The summed E-state index contributed by atoms with van der Waals surface area (Å²) in [6, 6.07) is 9.07. The van der Waals surface area contributed by atoms with Crippen LogP contribution in [0.5, 0.6) is 0 Å². The first-order valence-corrected chi connectivity index (χ1v) is 8.25. The van der Waals surface area contributed by atoms with E-state index in [0.717, 1.165) is 17.1 Å². The predicted molar refractivity (Wildman–Crippen MR) is 84.5 cm³/mol. The summed E-state index contributed by atoms with van der Waals surface area (Å²) in [5, 5.41) is 5.11. The second-order valence-electron chi connectivity index (χ2n) is 4.90. The highest BCUT2D eigenvalue weighted by atomic mass is 35.5. The molecule has 0 amide bonds. The molecule has 19 heavy (non-hydrogen) atoms. The van der Waals surface area contributed by atoms with Gasteiger partial charge in [0.25, 0.3) is 0 Å². The third kappa shape index (κ3) is 3.07. The number of halogens is 2. The monoisotopic (exact) mass is 311 g/mol. The van der Waals surface area contributed by atoms with Gasteiger partial charge >= 0.3 is 0 Å². The van der Waals surface area contributed by atoms with Crippen molar-refractivity contribution in [1.82, 2.24) is 0 Å². The lowest BCUT2D eigenvalue weighted by Gasteiger charge is -2.25. The van der Waals surface area contributed by atoms with E-state index in [4.69, 9.17) is 23.2 Å². The van der Waals surface area contributed by atoms with Crippen LogP contribution < -0.4 is 4.90 Å². The van der Waals surface area contributed by atoms with E-state index in [1.807, 2.05) is 12.1 Å². The second-order valence-corrected chi connectivity index (χ2v) is 6.35. The average Bonchev–Trinajstić information content (AvgIpc) is 3.13. The van der Waals surface area contributed by atoms with E-state index in [1.54, 1.807) is 11.3 Å². The second kappa shape index (κ2) is 5.74. The Morgan fingerprint density at radius 2 is 2.11 bits per heavy atom. The minimum atomic E-state index is 0.465. The molecule has 0 aliphatic heterocycles. The van der Waals surface area contributed by atoms with Crippen molar-refractivity contribution in [2.24, 2.45) is 0 Å². The van der Waals surface area contributed by atoms with Gasteiger partial charge in [0.1, 0.15) is 0 Å². The van der Waals surface area contributed by atoms with E-state index in [2.05, 4.69) is 27.8 Å². The highest BCUT2D eigenvalue weighted by molar-refractivity contribution is 7.07. The molecule has 4 heteroatoms. The molecule has 0 atom stereocenters. The minimum absolute atomic E-state index is 0.465. The van der Waals surface area contributed by atoms with E-state index < -0.39 is 0 Å². The van der Waals surface area contributed by atoms with Gasteiger partial charge in [-0.3, -0.25) is 0 Å². The largest absolute Gasteiger partial charge is 0.364 e. The first kappa shape index (κ1) is 13.3. The number of nitrogens with zero attached hydrogens (tertiary/aromatic N) is 1. The molecule has 1 nitrogen and oxygen atoms in total. The van der Waals surface area contributed by atoms with Crippen molar-refractivity contribution in [2.45, 2.75) is 31.3 Å². The van der Waals surface area contributed by atoms with Crippen LogP contribution in [0, 0.1) is 0 Å². The molecule has 0 unspecified atom stereocenters. The van der Waals surface area contributed by atoms with Crippen molar-refractivity contribution < 1.29 is 0 Å². The smallest absolute Gasteiger partial charge is 0.0488 e. The molecule has 1 aliphatic carbocycles. The van der Waals surface area contributed by atoms with Crippen molar-refractivity contribution in [2.75, 3.05) is 4.90 Å². The summed E-state index contributed by atoms with van der Waals surface area (Å²) in [4.78, 5) is 2.45. The van der Waals surface area contributed by atoms with Crippen molar-refractivity contribution >= 4 is 40.2 Å². The van der Waals surface area contributed by atoms with Crippen LogP contribution >= 0.6 is 34.5 Å². The Bertz CT molecular complexity index is 549. The Hall–Kier alpha value is -0.700. The van der Waals surface area contributed by atoms with E-state index in [1.165, 1.54) is 24.1 Å². The SMILES string of the molecule is ClCc1ccc(N(Cc2ccsc2)C2CC2)cc1Cl. The number of rotatable bonds is 5. The molecular formula is C15H15Cl2NS. The molecule has 0 spiro atoms. The number of thiophene rings is 1. The van der Waals surface area contributed by atoms with E-state index in [0.29, 0.717) is 11.9 Å². The maximum atomic E-state index is 6.27. The molecule has 1 aromatic carbocycles. The number of hydrogen-bond acceptors (Lipinski definition) is 2. The first-order valence-electron chi connectivity index (χ1n) is 6.40. The maximum Gasteiger partial charge on any atom is 0.0488 e. The van der Waals surface area contributed by atoms with Gasteiger partial charge in [-0.05, 0) is 52.9 Å². The van der Waals surface area contributed by atoms with Crippen LogP contribution in [0.1, 0.15) is 24.0 Å². The van der Waals surface area contributed by atoms with Gasteiger partial charge in [0.05, 0.1) is 0 Å². The van der Waals surface area contributed by atoms with Crippen molar-refractivity contribution in [3.8, 4) is 0 Å². The van der Waals surface area contributed by atoms with E-state index >= 15 is 0 Å². The average molecular weight is 312 g/mol. The number of benzene rings is 1. The molecule has 1 aliphatic rings. The first-order chi connectivity index (χ1) is 9.28. The third-order valence-electron chi connectivity index (χ3n) is 3.43. The molecular weight excluding hydrogens is 297 g/mol. The maximum absolute atomic E-state index is 6.27. The molecule has 3 rings (SSSR count). The minimum Gasteiger partial charge on any atom is -0.364 e. The van der Waals surface area contributed by atoms with Gasteiger partial charge in [0.2, 0.25) is 0 Å². The standard InChI is InChI=1S/C15H15Cl2NS/c16-8-12-1-2-14(7-15(12)17)18(13-3-4-13)9-11-5-6-19-10-11/h1-2,5-7,10,13H,3-4,8-9H2. The van der Waals surface area contributed by atoms with E-state index in [-0.39, 0.29) is 0 Å². The quantitative estimate of drug-likeness (QED) is 0.676. The van der Waals surface area contributed by atoms with Gasteiger partial charge in [-0.15, -0.1) is 11.6 Å². The zero-order valence-electron chi connectivity index (χ0n) is 10.5. The Balaban J connectivity index is 1.85. The van der Waals surface area contributed by atoms with Crippen LogP contribution in [0.3, 0.4) is 0 Å². The lowest BCUT2D eigenvalue weighted by Crippen LogP contribution is -2.24. The Morgan fingerprint density at radius 1 is 1.26 bits per heavy atom. The molecule has 1 heterocycles. The van der Waals surface area contributed by atoms with Crippen LogP contribution in [0.15, 0.2) is 35.0 Å².